The molecule has 1 N–H and O–H groups in total. The summed E-state index contributed by atoms with van der Waals surface area (Å²) < 4.78 is 5.59. The molecule has 1 amide bonds. The van der Waals surface area contributed by atoms with Crippen molar-refractivity contribution in [3.8, 4) is 0 Å². The summed E-state index contributed by atoms with van der Waals surface area (Å²) in [5.41, 5.74) is 2.79. The molecular formula is C24H25ClN2O2S. The van der Waals surface area contributed by atoms with Gasteiger partial charge in [-0.15, -0.1) is 11.3 Å². The summed E-state index contributed by atoms with van der Waals surface area (Å²) in [6, 6.07) is 19.5. The van der Waals surface area contributed by atoms with E-state index in [0.717, 1.165) is 40.7 Å². The normalized spacial score (nSPS) is 15.7. The number of nitrogens with one attached hydrogen (secondary N) is 1. The van der Waals surface area contributed by atoms with Crippen LogP contribution in [0.2, 0.25) is 5.02 Å². The van der Waals surface area contributed by atoms with Gasteiger partial charge in [0.15, 0.2) is 0 Å². The fourth-order valence-electron chi connectivity index (χ4n) is 3.79. The van der Waals surface area contributed by atoms with E-state index in [1.165, 1.54) is 4.88 Å². The Bertz CT molecular complexity index is 999. The molecule has 6 heteroatoms. The summed E-state index contributed by atoms with van der Waals surface area (Å²) in [7, 11) is 0. The first-order valence-electron chi connectivity index (χ1n) is 10.2. The van der Waals surface area contributed by atoms with Crippen LogP contribution < -0.4 is 5.32 Å². The third kappa shape index (κ3) is 4.60. The van der Waals surface area contributed by atoms with Crippen LogP contribution in [0.1, 0.15) is 39.3 Å². The Morgan fingerprint density at radius 2 is 1.80 bits per heavy atom. The van der Waals surface area contributed by atoms with Crippen molar-refractivity contribution in [3.63, 3.8) is 0 Å². The Hall–Kier alpha value is -2.18. The molecule has 0 bridgehead atoms. The molecule has 0 unspecified atom stereocenters. The van der Waals surface area contributed by atoms with Crippen LogP contribution in [0.5, 0.6) is 0 Å². The second kappa shape index (κ2) is 9.75. The van der Waals surface area contributed by atoms with E-state index >= 15 is 0 Å². The number of carbonyl (C=O) groups excluding carboxylic acids is 1. The minimum absolute atomic E-state index is 0.0368. The highest BCUT2D eigenvalue weighted by Crippen LogP contribution is 2.41. The summed E-state index contributed by atoms with van der Waals surface area (Å²) in [5, 5.41) is 4.79. The summed E-state index contributed by atoms with van der Waals surface area (Å²) in [6.07, 6.45) is 0.914. The van der Waals surface area contributed by atoms with Gasteiger partial charge in [-0.05, 0) is 36.2 Å². The molecular weight excluding hydrogens is 416 g/mol. The number of nitrogens with zero attached hydrogens (tertiary/aromatic N) is 1. The van der Waals surface area contributed by atoms with Crippen LogP contribution in [0.4, 0.5) is 5.00 Å². The Morgan fingerprint density at radius 1 is 1.10 bits per heavy atom. The van der Waals surface area contributed by atoms with Gasteiger partial charge in [-0.2, -0.15) is 0 Å². The van der Waals surface area contributed by atoms with Crippen LogP contribution in [-0.4, -0.2) is 37.1 Å². The lowest BCUT2D eigenvalue weighted by molar-refractivity contribution is 0.0241. The van der Waals surface area contributed by atoms with Crippen LogP contribution in [0.15, 0.2) is 60.7 Å². The molecule has 1 atom stereocenters. The van der Waals surface area contributed by atoms with Gasteiger partial charge in [0.1, 0.15) is 5.00 Å². The van der Waals surface area contributed by atoms with E-state index in [4.69, 9.17) is 16.3 Å². The predicted molar refractivity (Wildman–Crippen MR) is 124 cm³/mol. The predicted octanol–water partition coefficient (Wildman–Crippen LogP) is 5.64. The molecule has 1 fully saturated rings. The van der Waals surface area contributed by atoms with E-state index in [1.54, 1.807) is 11.3 Å². The number of thiophene rings is 1. The lowest BCUT2D eigenvalue weighted by Gasteiger charge is -2.35. The number of benzene rings is 2. The van der Waals surface area contributed by atoms with Gasteiger partial charge in [0.2, 0.25) is 0 Å². The first-order chi connectivity index (χ1) is 14.7. The maximum Gasteiger partial charge on any atom is 0.256 e. The van der Waals surface area contributed by atoms with Gasteiger partial charge in [-0.3, -0.25) is 9.69 Å². The number of aryl methyl sites for hydroxylation is 1. The summed E-state index contributed by atoms with van der Waals surface area (Å²) in [6.45, 7) is 5.16. The smallest absolute Gasteiger partial charge is 0.256 e. The number of ether oxygens (including phenoxy) is 1. The third-order valence-electron chi connectivity index (χ3n) is 5.33. The van der Waals surface area contributed by atoms with Crippen molar-refractivity contribution in [1.29, 1.82) is 0 Å². The quantitative estimate of drug-likeness (QED) is 0.539. The van der Waals surface area contributed by atoms with Gasteiger partial charge < -0.3 is 10.1 Å². The number of rotatable bonds is 6. The number of amides is 1. The van der Waals surface area contributed by atoms with Gasteiger partial charge in [0.05, 0.1) is 19.3 Å². The molecule has 0 aliphatic carbocycles. The van der Waals surface area contributed by atoms with E-state index < -0.39 is 0 Å². The van der Waals surface area contributed by atoms with E-state index in [0.29, 0.717) is 18.8 Å². The molecule has 1 aliphatic rings. The summed E-state index contributed by atoms with van der Waals surface area (Å²) >= 11 is 8.28. The number of hydrogen-bond acceptors (Lipinski definition) is 4. The van der Waals surface area contributed by atoms with Crippen molar-refractivity contribution in [2.75, 3.05) is 31.6 Å². The summed E-state index contributed by atoms with van der Waals surface area (Å²) in [4.78, 5) is 16.5. The molecule has 0 spiro atoms. The molecule has 3 aromatic rings. The van der Waals surface area contributed by atoms with Crippen molar-refractivity contribution < 1.29 is 9.53 Å². The van der Waals surface area contributed by atoms with Crippen molar-refractivity contribution in [2.45, 2.75) is 19.4 Å². The van der Waals surface area contributed by atoms with E-state index in [-0.39, 0.29) is 11.9 Å². The molecule has 2 aromatic carbocycles. The second-order valence-electron chi connectivity index (χ2n) is 7.24. The van der Waals surface area contributed by atoms with Crippen molar-refractivity contribution in [2.24, 2.45) is 0 Å². The fraction of sp³-hybridized carbons (Fsp3) is 0.292. The molecule has 4 rings (SSSR count). The minimum Gasteiger partial charge on any atom is -0.379 e. The molecule has 1 saturated heterocycles. The van der Waals surface area contributed by atoms with E-state index in [9.17, 15) is 4.79 Å². The standard InChI is InChI=1S/C24H25ClN2O2S/c1-2-18-16-20(24(30-18)26-23(28)17-8-4-3-5-9-17)22(27-12-14-29-15-13-27)19-10-6-7-11-21(19)25/h3-11,16,22H,2,12-15H2,1H3,(H,26,28)/t22-/m0/s1. The third-order valence-corrected chi connectivity index (χ3v) is 6.88. The minimum atomic E-state index is -0.0961. The Labute approximate surface area is 186 Å². The molecule has 30 heavy (non-hydrogen) atoms. The highest BCUT2D eigenvalue weighted by atomic mass is 35.5. The monoisotopic (exact) mass is 440 g/mol. The maximum absolute atomic E-state index is 12.9. The zero-order chi connectivity index (χ0) is 20.9. The number of hydrogen-bond donors (Lipinski definition) is 1. The molecule has 4 nitrogen and oxygen atoms in total. The Balaban J connectivity index is 1.75. The highest BCUT2D eigenvalue weighted by molar-refractivity contribution is 7.16. The number of anilines is 1. The molecule has 1 aromatic heterocycles. The first kappa shape index (κ1) is 21.1. The Morgan fingerprint density at radius 3 is 2.50 bits per heavy atom. The van der Waals surface area contributed by atoms with E-state index in [1.807, 2.05) is 48.5 Å². The van der Waals surface area contributed by atoms with Crippen LogP contribution in [0, 0.1) is 0 Å². The van der Waals surface area contributed by atoms with Crippen LogP contribution >= 0.6 is 22.9 Å². The molecule has 156 valence electrons. The van der Waals surface area contributed by atoms with Gasteiger partial charge in [0, 0.05) is 34.1 Å². The lowest BCUT2D eigenvalue weighted by Crippen LogP contribution is -2.39. The van der Waals surface area contributed by atoms with Crippen molar-refractivity contribution in [3.05, 3.63) is 87.3 Å². The Kier molecular flexibility index (Phi) is 6.85. The van der Waals surface area contributed by atoms with Crippen molar-refractivity contribution >= 4 is 33.8 Å². The molecule has 0 radical (unpaired) electrons. The zero-order valence-corrected chi connectivity index (χ0v) is 18.5. The van der Waals surface area contributed by atoms with Gasteiger partial charge >= 0.3 is 0 Å². The van der Waals surface area contributed by atoms with Crippen LogP contribution in [-0.2, 0) is 11.2 Å². The van der Waals surface area contributed by atoms with Gasteiger partial charge in [-0.1, -0.05) is 54.9 Å². The van der Waals surface area contributed by atoms with Gasteiger partial charge in [0.25, 0.3) is 5.91 Å². The molecule has 2 heterocycles. The SMILES string of the molecule is CCc1cc([C@H](c2ccccc2Cl)N2CCOCC2)c(NC(=O)c2ccccc2)s1. The second-order valence-corrected chi connectivity index (χ2v) is 8.79. The summed E-state index contributed by atoms with van der Waals surface area (Å²) in [5.74, 6) is -0.0961. The maximum atomic E-state index is 12.9. The highest BCUT2D eigenvalue weighted by Gasteiger charge is 2.30. The zero-order valence-electron chi connectivity index (χ0n) is 16.9. The average molecular weight is 441 g/mol. The number of morpholine rings is 1. The lowest BCUT2D eigenvalue weighted by atomic mass is 9.97. The van der Waals surface area contributed by atoms with E-state index in [2.05, 4.69) is 29.3 Å². The molecule has 1 aliphatic heterocycles. The number of carbonyl (C=O) groups is 1. The molecule has 0 saturated carbocycles. The first-order valence-corrected chi connectivity index (χ1v) is 11.4. The van der Waals surface area contributed by atoms with Crippen LogP contribution in [0.25, 0.3) is 0 Å². The average Bonchev–Trinajstić information content (AvgIpc) is 3.19. The van der Waals surface area contributed by atoms with Crippen LogP contribution in [0.3, 0.4) is 0 Å². The number of halogens is 1. The largest absolute Gasteiger partial charge is 0.379 e. The topological polar surface area (TPSA) is 41.6 Å². The van der Waals surface area contributed by atoms with Crippen molar-refractivity contribution in [1.82, 2.24) is 4.90 Å². The van der Waals surface area contributed by atoms with Gasteiger partial charge in [-0.25, -0.2) is 0 Å². The fourth-order valence-corrected chi connectivity index (χ4v) is 5.06.